The van der Waals surface area contributed by atoms with Crippen molar-refractivity contribution in [2.75, 3.05) is 0 Å². The summed E-state index contributed by atoms with van der Waals surface area (Å²) in [6.45, 7) is -0.843. The van der Waals surface area contributed by atoms with Crippen LogP contribution in [0.1, 0.15) is 5.56 Å². The summed E-state index contributed by atoms with van der Waals surface area (Å²) in [6, 6.07) is 11.6. The summed E-state index contributed by atoms with van der Waals surface area (Å²) in [6.07, 6.45) is -5.11. The number of ether oxygens (including phenoxy) is 1. The van der Waals surface area contributed by atoms with E-state index in [1.54, 1.807) is 30.3 Å². The van der Waals surface area contributed by atoms with E-state index in [4.69, 9.17) is 0 Å². The molecule has 0 saturated heterocycles. The molecule has 9 heteroatoms. The van der Waals surface area contributed by atoms with Gasteiger partial charge in [0, 0.05) is 11.1 Å². The van der Waals surface area contributed by atoms with Crippen LogP contribution in [0, 0.1) is 0 Å². The molecule has 0 radical (unpaired) electrons. The maximum atomic E-state index is 13.1. The maximum absolute atomic E-state index is 13.1. The standard InChI is InChI=1S/C13H10F4O3S.Li/c14-12(15,13(16,17)21(18)19)20-8-9-5-6-10-3-1-2-4-11(10)7-9;/h1-7H,8H2,(H,18,19);/q;+1/p-1. The fraction of sp³-hybridized carbons (Fsp3) is 0.231. The third-order valence-electron chi connectivity index (χ3n) is 2.78. The molecule has 3 nitrogen and oxygen atoms in total. The monoisotopic (exact) mass is 328 g/mol. The number of hydrogen-bond acceptors (Lipinski definition) is 3. The van der Waals surface area contributed by atoms with Crippen LogP contribution in [0.15, 0.2) is 42.5 Å². The van der Waals surface area contributed by atoms with Crippen LogP contribution in [0.3, 0.4) is 0 Å². The second-order valence-corrected chi connectivity index (χ2v) is 5.22. The molecule has 0 aliphatic rings. The predicted octanol–water partition coefficient (Wildman–Crippen LogP) is 0.425. The summed E-state index contributed by atoms with van der Waals surface area (Å²) in [7, 11) is 0. The van der Waals surface area contributed by atoms with Crippen molar-refractivity contribution in [1.82, 2.24) is 0 Å². The molecule has 0 saturated carbocycles. The first-order valence-electron chi connectivity index (χ1n) is 5.71. The molecule has 2 aromatic carbocycles. The van der Waals surface area contributed by atoms with Crippen molar-refractivity contribution in [3.05, 3.63) is 48.0 Å². The van der Waals surface area contributed by atoms with Crippen LogP contribution >= 0.6 is 0 Å². The normalized spacial score (nSPS) is 13.7. The Kier molecular flexibility index (Phi) is 6.18. The number of alkyl halides is 4. The Morgan fingerprint density at radius 2 is 1.64 bits per heavy atom. The largest absolute Gasteiger partial charge is 1.00 e. The Bertz CT molecular complexity index is 681. The smallest absolute Gasteiger partial charge is 0.768 e. The van der Waals surface area contributed by atoms with Gasteiger partial charge in [-0.15, -0.1) is 0 Å². The molecule has 1 unspecified atom stereocenters. The van der Waals surface area contributed by atoms with E-state index >= 15 is 0 Å². The molecule has 0 N–H and O–H groups in total. The number of fused-ring (bicyclic) bond motifs is 1. The first-order valence-corrected chi connectivity index (χ1v) is 6.78. The Morgan fingerprint density at radius 3 is 2.23 bits per heavy atom. The summed E-state index contributed by atoms with van der Waals surface area (Å²) < 4.78 is 75.9. The van der Waals surface area contributed by atoms with Gasteiger partial charge in [-0.1, -0.05) is 36.4 Å². The maximum Gasteiger partial charge on any atom is 1.00 e. The van der Waals surface area contributed by atoms with Gasteiger partial charge in [-0.05, 0) is 22.4 Å². The Hall–Kier alpha value is -0.913. The predicted molar refractivity (Wildman–Crippen MR) is 67.6 cm³/mol. The van der Waals surface area contributed by atoms with Crippen molar-refractivity contribution >= 4 is 21.9 Å². The van der Waals surface area contributed by atoms with Gasteiger partial charge in [-0.3, -0.25) is 4.21 Å². The molecule has 114 valence electrons. The zero-order chi connectivity index (χ0) is 15.7. The summed E-state index contributed by atoms with van der Waals surface area (Å²) in [5.41, 5.74) is 0.223. The average molecular weight is 328 g/mol. The van der Waals surface area contributed by atoms with Crippen molar-refractivity contribution in [3.8, 4) is 0 Å². The molecule has 0 aromatic heterocycles. The molecule has 0 bridgehead atoms. The van der Waals surface area contributed by atoms with Gasteiger partial charge in [0.2, 0.25) is 0 Å². The first kappa shape index (κ1) is 19.1. The van der Waals surface area contributed by atoms with Crippen LogP contribution < -0.4 is 18.9 Å². The van der Waals surface area contributed by atoms with Gasteiger partial charge < -0.3 is 9.29 Å². The fourth-order valence-electron chi connectivity index (χ4n) is 1.68. The molecule has 0 fully saturated rings. The minimum Gasteiger partial charge on any atom is -0.768 e. The van der Waals surface area contributed by atoms with E-state index < -0.39 is 29.1 Å². The van der Waals surface area contributed by atoms with Crippen molar-refractivity contribution < 1.29 is 49.9 Å². The second kappa shape index (κ2) is 7.11. The third kappa shape index (κ3) is 3.89. The SMILES string of the molecule is O=S([O-])C(F)(F)C(F)(F)OCc1ccc2ccccc2c1.[Li+]. The van der Waals surface area contributed by atoms with Crippen LogP contribution in [-0.2, 0) is 22.4 Å². The quantitative estimate of drug-likeness (QED) is 0.454. The Morgan fingerprint density at radius 1 is 1.05 bits per heavy atom. The van der Waals surface area contributed by atoms with E-state index in [2.05, 4.69) is 4.74 Å². The van der Waals surface area contributed by atoms with E-state index in [1.165, 1.54) is 12.1 Å². The molecule has 22 heavy (non-hydrogen) atoms. The van der Waals surface area contributed by atoms with E-state index in [1.807, 2.05) is 0 Å². The molecule has 1 atom stereocenters. The average Bonchev–Trinajstić information content (AvgIpc) is 2.44. The van der Waals surface area contributed by atoms with Gasteiger partial charge >= 0.3 is 30.2 Å². The molecule has 0 amide bonds. The van der Waals surface area contributed by atoms with Crippen LogP contribution in [0.5, 0.6) is 0 Å². The van der Waals surface area contributed by atoms with Gasteiger partial charge in [0.25, 0.3) is 0 Å². The van der Waals surface area contributed by atoms with Crippen LogP contribution in [-0.4, -0.2) is 20.1 Å². The fourth-order valence-corrected chi connectivity index (χ4v) is 1.94. The van der Waals surface area contributed by atoms with E-state index in [9.17, 15) is 26.3 Å². The minimum absolute atomic E-state index is 0. The number of benzene rings is 2. The summed E-state index contributed by atoms with van der Waals surface area (Å²) in [5, 5.41) is -3.72. The molecule has 2 aromatic rings. The summed E-state index contributed by atoms with van der Waals surface area (Å²) in [5.74, 6) is 0. The Labute approximate surface area is 138 Å². The van der Waals surface area contributed by atoms with Crippen molar-refractivity contribution in [2.45, 2.75) is 18.0 Å². The molecular weight excluding hydrogens is 319 g/mol. The van der Waals surface area contributed by atoms with Gasteiger partial charge in [0.05, 0.1) is 6.61 Å². The molecule has 2 rings (SSSR count). The first-order chi connectivity index (χ1) is 9.74. The van der Waals surface area contributed by atoms with Crippen molar-refractivity contribution in [2.24, 2.45) is 0 Å². The van der Waals surface area contributed by atoms with Crippen molar-refractivity contribution in [1.29, 1.82) is 0 Å². The zero-order valence-electron chi connectivity index (χ0n) is 11.4. The number of hydrogen-bond donors (Lipinski definition) is 0. The van der Waals surface area contributed by atoms with Gasteiger partial charge in [-0.25, -0.2) is 0 Å². The summed E-state index contributed by atoms with van der Waals surface area (Å²) in [4.78, 5) is 0. The zero-order valence-corrected chi connectivity index (χ0v) is 12.2. The summed E-state index contributed by atoms with van der Waals surface area (Å²) >= 11 is -4.28. The Balaban J connectivity index is 0.00000242. The van der Waals surface area contributed by atoms with E-state index in [0.717, 1.165) is 10.8 Å². The van der Waals surface area contributed by atoms with Crippen LogP contribution in [0.4, 0.5) is 17.6 Å². The third-order valence-corrected chi connectivity index (χ3v) is 3.44. The van der Waals surface area contributed by atoms with Crippen LogP contribution in [0.25, 0.3) is 10.8 Å². The van der Waals surface area contributed by atoms with Gasteiger partial charge in [-0.2, -0.15) is 17.6 Å². The molecule has 0 aliphatic heterocycles. The van der Waals surface area contributed by atoms with E-state index in [-0.39, 0.29) is 24.4 Å². The molecule has 0 heterocycles. The number of rotatable bonds is 5. The van der Waals surface area contributed by atoms with Crippen LogP contribution in [0.2, 0.25) is 0 Å². The van der Waals surface area contributed by atoms with Gasteiger partial charge in [0.15, 0.2) is 0 Å². The van der Waals surface area contributed by atoms with Crippen molar-refractivity contribution in [3.63, 3.8) is 0 Å². The minimum atomic E-state index is -5.29. The molecular formula is C13H9F4LiO3S. The topological polar surface area (TPSA) is 49.4 Å². The van der Waals surface area contributed by atoms with Gasteiger partial charge in [0.1, 0.15) is 0 Å². The second-order valence-electron chi connectivity index (χ2n) is 4.24. The molecule has 0 aliphatic carbocycles. The molecule has 0 spiro atoms. The number of halogens is 4. The van der Waals surface area contributed by atoms with E-state index in [0.29, 0.717) is 0 Å².